The molecule has 0 saturated carbocycles. The molecule has 2 fully saturated rings. The summed E-state index contributed by atoms with van der Waals surface area (Å²) in [5.41, 5.74) is 0. The van der Waals surface area contributed by atoms with E-state index in [-0.39, 0.29) is 6.10 Å². The zero-order chi connectivity index (χ0) is 11.6. The quantitative estimate of drug-likeness (QED) is 0.620. The van der Waals surface area contributed by atoms with E-state index in [1.165, 1.54) is 6.42 Å². The van der Waals surface area contributed by atoms with Gasteiger partial charge in [-0.15, -0.1) is 0 Å². The van der Waals surface area contributed by atoms with E-state index < -0.39 is 5.97 Å². The summed E-state index contributed by atoms with van der Waals surface area (Å²) in [6.07, 6.45) is 3.07. The summed E-state index contributed by atoms with van der Waals surface area (Å²) >= 11 is 3.66. The van der Waals surface area contributed by atoms with Gasteiger partial charge in [0, 0.05) is 22.9 Å². The first kappa shape index (κ1) is 12.9. The van der Waals surface area contributed by atoms with E-state index in [0.717, 1.165) is 19.8 Å². The molecule has 5 heteroatoms. The Morgan fingerprint density at radius 1 is 1.47 bits per heavy atom. The molecule has 2 aliphatic rings. The van der Waals surface area contributed by atoms with Crippen LogP contribution in [0, 0.1) is 0 Å². The molecule has 0 radical (unpaired) electrons. The van der Waals surface area contributed by atoms with Crippen LogP contribution in [0.5, 0.6) is 0 Å². The molecule has 0 aromatic rings. The molecule has 0 amide bonds. The molecule has 0 spiro atoms. The average molecular weight is 279 g/mol. The lowest BCUT2D eigenvalue weighted by molar-refractivity contribution is -0.302. The molecule has 2 heterocycles. The predicted octanol–water partition coefficient (Wildman–Crippen LogP) is -0.266. The maximum atomic E-state index is 9.48. The van der Waals surface area contributed by atoms with Gasteiger partial charge in [-0.1, -0.05) is 15.9 Å². The van der Waals surface area contributed by atoms with Gasteiger partial charge >= 0.3 is 0 Å². The molecule has 2 saturated heterocycles. The number of aliphatic hydroxyl groups excluding tert-OH is 1. The van der Waals surface area contributed by atoms with Gasteiger partial charge in [0.15, 0.2) is 0 Å². The predicted molar refractivity (Wildman–Crippen MR) is 58.6 cm³/mol. The van der Waals surface area contributed by atoms with Gasteiger partial charge in [-0.2, -0.15) is 0 Å². The number of halogens is 1. The standard InChI is InChI=1S/C8H14BrNO.C2H4O2/c1-10-5-2-6(11)4-8(10)7(9)3-5;1-2(3)4/h5-8,11H,2-4H2,1H3;1H3,(H,3,4)/p-1. The summed E-state index contributed by atoms with van der Waals surface area (Å²) in [7, 11) is 2.17. The normalized spacial score (nSPS) is 39.5. The van der Waals surface area contributed by atoms with E-state index in [1.54, 1.807) is 0 Å². The highest BCUT2D eigenvalue weighted by Gasteiger charge is 2.43. The third kappa shape index (κ3) is 3.43. The van der Waals surface area contributed by atoms with E-state index in [4.69, 9.17) is 9.90 Å². The lowest BCUT2D eigenvalue weighted by atomic mass is 10.0. The fraction of sp³-hybridized carbons (Fsp3) is 0.900. The summed E-state index contributed by atoms with van der Waals surface area (Å²) in [5.74, 6) is -1.08. The zero-order valence-corrected chi connectivity index (χ0v) is 10.6. The number of alkyl halides is 1. The maximum absolute atomic E-state index is 9.48. The smallest absolute Gasteiger partial charge is 0.0570 e. The minimum absolute atomic E-state index is 0.0521. The van der Waals surface area contributed by atoms with Crippen molar-refractivity contribution in [2.24, 2.45) is 0 Å². The number of piperidine rings is 1. The minimum Gasteiger partial charge on any atom is -0.550 e. The molecule has 4 unspecified atom stereocenters. The molecule has 2 rings (SSSR count). The first-order chi connectivity index (χ1) is 6.91. The molecule has 88 valence electrons. The van der Waals surface area contributed by atoms with Gasteiger partial charge in [0.1, 0.15) is 0 Å². The van der Waals surface area contributed by atoms with Gasteiger partial charge in [0.2, 0.25) is 0 Å². The second-order valence-corrected chi connectivity index (χ2v) is 5.43. The van der Waals surface area contributed by atoms with Crippen LogP contribution in [0.4, 0.5) is 0 Å². The van der Waals surface area contributed by atoms with E-state index in [1.807, 2.05) is 0 Å². The number of aliphatic carboxylic acids is 1. The molecule has 2 bridgehead atoms. The number of carboxylic acid groups (broad SMARTS) is 1. The van der Waals surface area contributed by atoms with Crippen molar-refractivity contribution >= 4 is 21.9 Å². The number of carboxylic acids is 1. The van der Waals surface area contributed by atoms with Crippen LogP contribution in [0.1, 0.15) is 26.2 Å². The van der Waals surface area contributed by atoms with Gasteiger partial charge in [0.25, 0.3) is 0 Å². The van der Waals surface area contributed by atoms with Crippen LogP contribution in [0.25, 0.3) is 0 Å². The lowest BCUT2D eigenvalue weighted by Crippen LogP contribution is -2.43. The Hall–Kier alpha value is -0.130. The molecule has 0 aromatic heterocycles. The lowest BCUT2D eigenvalue weighted by Gasteiger charge is -2.34. The summed E-state index contributed by atoms with van der Waals surface area (Å²) in [4.78, 5) is 11.9. The Bertz CT molecular complexity index is 231. The Morgan fingerprint density at radius 2 is 2.00 bits per heavy atom. The molecule has 0 aliphatic carbocycles. The van der Waals surface area contributed by atoms with Crippen molar-refractivity contribution in [2.75, 3.05) is 7.05 Å². The fourth-order valence-electron chi connectivity index (χ4n) is 2.37. The van der Waals surface area contributed by atoms with Crippen molar-refractivity contribution in [3.05, 3.63) is 0 Å². The number of hydrogen-bond donors (Lipinski definition) is 1. The van der Waals surface area contributed by atoms with Gasteiger partial charge in [-0.25, -0.2) is 0 Å². The fourth-order valence-corrected chi connectivity index (χ4v) is 3.39. The molecule has 2 aliphatic heterocycles. The summed E-state index contributed by atoms with van der Waals surface area (Å²) in [6.45, 7) is 0.972. The average Bonchev–Trinajstić information content (AvgIpc) is 2.30. The summed E-state index contributed by atoms with van der Waals surface area (Å²) in [5, 5.41) is 18.4. The molecule has 1 N–H and O–H groups in total. The first-order valence-electron chi connectivity index (χ1n) is 5.13. The molecule has 4 nitrogen and oxygen atoms in total. The Labute approximate surface area is 98.4 Å². The van der Waals surface area contributed by atoms with Gasteiger partial charge < -0.3 is 15.0 Å². The van der Waals surface area contributed by atoms with Crippen LogP contribution in [-0.4, -0.2) is 46.0 Å². The van der Waals surface area contributed by atoms with E-state index in [0.29, 0.717) is 16.9 Å². The van der Waals surface area contributed by atoms with Crippen LogP contribution in [0.2, 0.25) is 0 Å². The largest absolute Gasteiger partial charge is 0.550 e. The molecular weight excluding hydrogens is 262 g/mol. The molecular formula is C10H17BrNO3-. The number of hydrogen-bond acceptors (Lipinski definition) is 4. The van der Waals surface area contributed by atoms with Crippen molar-refractivity contribution in [2.45, 2.75) is 49.2 Å². The van der Waals surface area contributed by atoms with Crippen LogP contribution >= 0.6 is 15.9 Å². The van der Waals surface area contributed by atoms with Crippen LogP contribution < -0.4 is 5.11 Å². The van der Waals surface area contributed by atoms with Gasteiger partial charge in [-0.3, -0.25) is 4.90 Å². The van der Waals surface area contributed by atoms with Crippen molar-refractivity contribution in [3.63, 3.8) is 0 Å². The molecule has 0 aromatic carbocycles. The Balaban J connectivity index is 0.000000245. The van der Waals surface area contributed by atoms with E-state index in [2.05, 4.69) is 27.9 Å². The monoisotopic (exact) mass is 278 g/mol. The number of fused-ring (bicyclic) bond motifs is 2. The second kappa shape index (κ2) is 5.27. The number of aliphatic hydroxyl groups is 1. The van der Waals surface area contributed by atoms with Crippen molar-refractivity contribution in [3.8, 4) is 0 Å². The second-order valence-electron chi connectivity index (χ2n) is 4.26. The Kier molecular flexibility index (Phi) is 4.55. The highest BCUT2D eigenvalue weighted by Crippen LogP contribution is 2.37. The molecule has 15 heavy (non-hydrogen) atoms. The summed E-state index contributed by atoms with van der Waals surface area (Å²) < 4.78 is 0. The van der Waals surface area contributed by atoms with Gasteiger partial charge in [0.05, 0.1) is 6.10 Å². The third-order valence-electron chi connectivity index (χ3n) is 3.07. The first-order valence-corrected chi connectivity index (χ1v) is 6.05. The van der Waals surface area contributed by atoms with Crippen LogP contribution in [0.3, 0.4) is 0 Å². The summed E-state index contributed by atoms with van der Waals surface area (Å²) in [6, 6.07) is 1.19. The van der Waals surface area contributed by atoms with Crippen molar-refractivity contribution < 1.29 is 15.0 Å². The van der Waals surface area contributed by atoms with E-state index in [9.17, 15) is 5.11 Å². The number of carbonyl (C=O) groups is 1. The Morgan fingerprint density at radius 3 is 2.47 bits per heavy atom. The number of carbonyl (C=O) groups excluding carboxylic acids is 1. The molecule has 4 atom stereocenters. The van der Waals surface area contributed by atoms with Crippen molar-refractivity contribution in [1.82, 2.24) is 4.90 Å². The number of nitrogens with zero attached hydrogens (tertiary/aromatic N) is 1. The highest BCUT2D eigenvalue weighted by atomic mass is 79.9. The third-order valence-corrected chi connectivity index (χ3v) is 4.06. The van der Waals surface area contributed by atoms with Crippen molar-refractivity contribution in [1.29, 1.82) is 0 Å². The SMILES string of the molecule is CC(=O)[O-].CN1C2CC(O)CC1C(Br)C2. The minimum atomic E-state index is -1.08. The van der Waals surface area contributed by atoms with Crippen LogP contribution in [-0.2, 0) is 4.79 Å². The topological polar surface area (TPSA) is 63.6 Å². The van der Waals surface area contributed by atoms with Crippen LogP contribution in [0.15, 0.2) is 0 Å². The van der Waals surface area contributed by atoms with E-state index >= 15 is 0 Å². The highest BCUT2D eigenvalue weighted by molar-refractivity contribution is 9.09. The number of rotatable bonds is 0. The van der Waals surface area contributed by atoms with Gasteiger partial charge in [-0.05, 0) is 33.2 Å². The maximum Gasteiger partial charge on any atom is 0.0570 e. The zero-order valence-electron chi connectivity index (χ0n) is 9.02.